The SMILES string of the molecule is CCCC(COC)Nc1snc(N)c1S(=O)(=O)CCC. The predicted molar refractivity (Wildman–Crippen MR) is 83.1 cm³/mol. The van der Waals surface area contributed by atoms with Crippen LogP contribution in [0.5, 0.6) is 0 Å². The first-order valence-electron chi connectivity index (χ1n) is 6.69. The molecule has 0 aliphatic rings. The molecule has 0 bridgehead atoms. The van der Waals surface area contributed by atoms with Gasteiger partial charge in [-0.2, -0.15) is 4.37 Å². The molecule has 20 heavy (non-hydrogen) atoms. The molecule has 0 aliphatic heterocycles. The summed E-state index contributed by atoms with van der Waals surface area (Å²) < 4.78 is 33.6. The summed E-state index contributed by atoms with van der Waals surface area (Å²) in [7, 11) is -1.76. The Morgan fingerprint density at radius 1 is 1.40 bits per heavy atom. The van der Waals surface area contributed by atoms with E-state index >= 15 is 0 Å². The van der Waals surface area contributed by atoms with Crippen LogP contribution in [0.4, 0.5) is 10.8 Å². The minimum absolute atomic E-state index is 0.0560. The quantitative estimate of drug-likeness (QED) is 0.723. The van der Waals surface area contributed by atoms with E-state index in [1.54, 1.807) is 7.11 Å². The number of nitrogens with one attached hydrogen (secondary N) is 1. The minimum Gasteiger partial charge on any atom is -0.383 e. The smallest absolute Gasteiger partial charge is 0.185 e. The molecular formula is C12H23N3O3S2. The van der Waals surface area contributed by atoms with Crippen molar-refractivity contribution >= 4 is 32.2 Å². The summed E-state index contributed by atoms with van der Waals surface area (Å²) in [6, 6.07) is 0.0560. The molecule has 0 aliphatic carbocycles. The van der Waals surface area contributed by atoms with Crippen LogP contribution in [0.15, 0.2) is 4.90 Å². The summed E-state index contributed by atoms with van der Waals surface area (Å²) >= 11 is 1.09. The highest BCUT2D eigenvalue weighted by Gasteiger charge is 2.26. The summed E-state index contributed by atoms with van der Waals surface area (Å²) in [5, 5.41) is 3.73. The highest BCUT2D eigenvalue weighted by Crippen LogP contribution is 2.33. The predicted octanol–water partition coefficient (Wildman–Crippen LogP) is 2.14. The van der Waals surface area contributed by atoms with Crippen LogP contribution in [0.1, 0.15) is 33.1 Å². The van der Waals surface area contributed by atoms with Crippen molar-refractivity contribution < 1.29 is 13.2 Å². The van der Waals surface area contributed by atoms with Crippen LogP contribution in [0.2, 0.25) is 0 Å². The normalized spacial score (nSPS) is 13.3. The molecule has 0 spiro atoms. The van der Waals surface area contributed by atoms with Crippen molar-refractivity contribution in [1.82, 2.24) is 4.37 Å². The van der Waals surface area contributed by atoms with E-state index in [0.717, 1.165) is 24.4 Å². The molecule has 1 rings (SSSR count). The third-order valence-electron chi connectivity index (χ3n) is 2.80. The Bertz CT molecular complexity index is 508. The van der Waals surface area contributed by atoms with Gasteiger partial charge in [0.2, 0.25) is 0 Å². The van der Waals surface area contributed by atoms with E-state index in [-0.39, 0.29) is 22.5 Å². The van der Waals surface area contributed by atoms with Crippen LogP contribution in [0, 0.1) is 0 Å². The molecule has 1 atom stereocenters. The number of sulfone groups is 1. The Kier molecular flexibility index (Phi) is 6.70. The number of aromatic nitrogens is 1. The van der Waals surface area contributed by atoms with Gasteiger partial charge in [-0.3, -0.25) is 0 Å². The first-order valence-corrected chi connectivity index (χ1v) is 9.12. The van der Waals surface area contributed by atoms with Crippen LogP contribution >= 0.6 is 11.5 Å². The van der Waals surface area contributed by atoms with Crippen molar-refractivity contribution in [3.63, 3.8) is 0 Å². The van der Waals surface area contributed by atoms with Gasteiger partial charge in [-0.25, -0.2) is 8.42 Å². The molecule has 0 saturated carbocycles. The van der Waals surface area contributed by atoms with E-state index in [2.05, 4.69) is 16.6 Å². The number of anilines is 2. The fourth-order valence-corrected chi connectivity index (χ4v) is 4.68. The van der Waals surface area contributed by atoms with Gasteiger partial charge in [-0.1, -0.05) is 20.3 Å². The Morgan fingerprint density at radius 2 is 2.10 bits per heavy atom. The highest BCUT2D eigenvalue weighted by atomic mass is 32.2. The molecule has 0 amide bonds. The van der Waals surface area contributed by atoms with E-state index in [4.69, 9.17) is 10.5 Å². The van der Waals surface area contributed by atoms with E-state index in [1.807, 2.05) is 6.92 Å². The van der Waals surface area contributed by atoms with Gasteiger partial charge in [0.05, 0.1) is 18.4 Å². The standard InChI is InChI=1S/C12H23N3O3S2/c1-4-6-9(8-18-3)14-12-10(11(13)15-19-12)20(16,17)7-5-2/h9,14H,4-8H2,1-3H3,(H2,13,15). The third-order valence-corrected chi connectivity index (χ3v) is 5.70. The lowest BCUT2D eigenvalue weighted by atomic mass is 10.2. The zero-order chi connectivity index (χ0) is 15.2. The van der Waals surface area contributed by atoms with Gasteiger partial charge in [-0.15, -0.1) is 0 Å². The molecule has 116 valence electrons. The molecule has 0 radical (unpaired) electrons. The summed E-state index contributed by atoms with van der Waals surface area (Å²) in [5.74, 6) is 0.158. The number of rotatable bonds is 9. The molecule has 6 nitrogen and oxygen atoms in total. The monoisotopic (exact) mass is 321 g/mol. The fraction of sp³-hybridized carbons (Fsp3) is 0.750. The maximum atomic E-state index is 12.2. The van der Waals surface area contributed by atoms with Crippen LogP contribution in [-0.4, -0.2) is 38.3 Å². The topological polar surface area (TPSA) is 94.3 Å². The largest absolute Gasteiger partial charge is 0.383 e. The molecule has 0 aromatic carbocycles. The van der Waals surface area contributed by atoms with Crippen LogP contribution in [-0.2, 0) is 14.6 Å². The number of ether oxygens (including phenoxy) is 1. The van der Waals surface area contributed by atoms with Gasteiger partial charge in [0, 0.05) is 7.11 Å². The van der Waals surface area contributed by atoms with Crippen molar-refractivity contribution in [3.05, 3.63) is 0 Å². The lowest BCUT2D eigenvalue weighted by molar-refractivity contribution is 0.182. The highest BCUT2D eigenvalue weighted by molar-refractivity contribution is 7.91. The van der Waals surface area contributed by atoms with E-state index in [0.29, 0.717) is 18.0 Å². The van der Waals surface area contributed by atoms with Crippen molar-refractivity contribution in [1.29, 1.82) is 0 Å². The maximum absolute atomic E-state index is 12.2. The van der Waals surface area contributed by atoms with E-state index in [9.17, 15) is 8.42 Å². The average Bonchev–Trinajstić information content (AvgIpc) is 2.71. The molecule has 1 unspecified atom stereocenters. The first kappa shape index (κ1) is 17.2. The number of nitrogens with two attached hydrogens (primary N) is 1. The van der Waals surface area contributed by atoms with Gasteiger partial charge >= 0.3 is 0 Å². The second kappa shape index (κ2) is 7.80. The van der Waals surface area contributed by atoms with Gasteiger partial charge in [0.15, 0.2) is 15.7 Å². The van der Waals surface area contributed by atoms with Crippen molar-refractivity contribution in [2.24, 2.45) is 0 Å². The maximum Gasteiger partial charge on any atom is 0.185 e. The molecule has 0 fully saturated rings. The van der Waals surface area contributed by atoms with Gasteiger partial charge in [-0.05, 0) is 24.4 Å². The van der Waals surface area contributed by atoms with Crippen LogP contribution in [0.3, 0.4) is 0 Å². The summed E-state index contributed by atoms with van der Waals surface area (Å²) in [6.07, 6.45) is 2.42. The van der Waals surface area contributed by atoms with E-state index in [1.165, 1.54) is 0 Å². The number of nitrogens with zero attached hydrogens (tertiary/aromatic N) is 1. The minimum atomic E-state index is -3.38. The number of nitrogen functional groups attached to an aromatic ring is 1. The Morgan fingerprint density at radius 3 is 2.65 bits per heavy atom. The zero-order valence-corrected chi connectivity index (χ0v) is 13.8. The second-order valence-electron chi connectivity index (χ2n) is 4.63. The molecule has 1 heterocycles. The Labute approximate surface area is 124 Å². The first-order chi connectivity index (χ1) is 9.46. The van der Waals surface area contributed by atoms with Crippen LogP contribution < -0.4 is 11.1 Å². The fourth-order valence-electron chi connectivity index (χ4n) is 1.99. The van der Waals surface area contributed by atoms with E-state index < -0.39 is 9.84 Å². The molecule has 0 saturated heterocycles. The number of methoxy groups -OCH3 is 1. The second-order valence-corrected chi connectivity index (χ2v) is 7.45. The molecule has 1 aromatic heterocycles. The average molecular weight is 321 g/mol. The van der Waals surface area contributed by atoms with Crippen molar-refractivity contribution in [3.8, 4) is 0 Å². The molecular weight excluding hydrogens is 298 g/mol. The van der Waals surface area contributed by atoms with Gasteiger partial charge < -0.3 is 15.8 Å². The molecule has 3 N–H and O–H groups in total. The Hall–Kier alpha value is -0.860. The van der Waals surface area contributed by atoms with Crippen molar-refractivity contribution in [2.75, 3.05) is 30.5 Å². The summed E-state index contributed by atoms with van der Waals surface area (Å²) in [6.45, 7) is 4.41. The van der Waals surface area contributed by atoms with Crippen LogP contribution in [0.25, 0.3) is 0 Å². The molecule has 8 heteroatoms. The summed E-state index contributed by atoms with van der Waals surface area (Å²) in [4.78, 5) is 0.140. The Balaban J connectivity index is 3.02. The summed E-state index contributed by atoms with van der Waals surface area (Å²) in [5.41, 5.74) is 5.73. The lowest BCUT2D eigenvalue weighted by Gasteiger charge is -2.18. The number of hydrogen-bond acceptors (Lipinski definition) is 7. The van der Waals surface area contributed by atoms with Gasteiger partial charge in [0.1, 0.15) is 9.90 Å². The third kappa shape index (κ3) is 4.32. The molecule has 1 aromatic rings. The zero-order valence-electron chi connectivity index (χ0n) is 12.2. The van der Waals surface area contributed by atoms with Crippen molar-refractivity contribution in [2.45, 2.75) is 44.0 Å². The lowest BCUT2D eigenvalue weighted by Crippen LogP contribution is -2.25. The number of hydrogen-bond donors (Lipinski definition) is 2. The van der Waals surface area contributed by atoms with Gasteiger partial charge in [0.25, 0.3) is 0 Å².